The summed E-state index contributed by atoms with van der Waals surface area (Å²) in [5.74, 6) is -0.887. The van der Waals surface area contributed by atoms with Gasteiger partial charge in [0.15, 0.2) is 0 Å². The van der Waals surface area contributed by atoms with Gasteiger partial charge in [-0.05, 0) is 30.7 Å². The number of halogens is 4. The summed E-state index contributed by atoms with van der Waals surface area (Å²) in [6, 6.07) is 2.48. The van der Waals surface area contributed by atoms with Crippen LogP contribution in [0.4, 0.5) is 17.6 Å². The largest absolute Gasteiger partial charge is 0.416 e. The molecule has 2 unspecified atom stereocenters. The fourth-order valence-electron chi connectivity index (χ4n) is 1.48. The summed E-state index contributed by atoms with van der Waals surface area (Å²) in [5, 5.41) is 0. The Labute approximate surface area is 83.7 Å². The Morgan fingerprint density at radius 2 is 1.80 bits per heavy atom. The van der Waals surface area contributed by atoms with Crippen LogP contribution >= 0.6 is 0 Å². The lowest BCUT2D eigenvalue weighted by Gasteiger charge is -2.08. The molecule has 1 saturated heterocycles. The lowest BCUT2D eigenvalue weighted by Crippen LogP contribution is -2.06. The molecule has 0 amide bonds. The molecule has 0 radical (unpaired) electrons. The summed E-state index contributed by atoms with van der Waals surface area (Å²) in [5.41, 5.74) is -0.727. The van der Waals surface area contributed by atoms with Gasteiger partial charge in [0.2, 0.25) is 0 Å². The van der Waals surface area contributed by atoms with Gasteiger partial charge in [-0.3, -0.25) is 0 Å². The van der Waals surface area contributed by atoms with Crippen molar-refractivity contribution in [2.24, 2.45) is 0 Å². The highest BCUT2D eigenvalue weighted by molar-refractivity contribution is 5.30. The van der Waals surface area contributed by atoms with E-state index in [9.17, 15) is 17.6 Å². The molecule has 2 rings (SSSR count). The number of hydrogen-bond acceptors (Lipinski definition) is 1. The van der Waals surface area contributed by atoms with Crippen LogP contribution in [-0.4, -0.2) is 6.10 Å². The zero-order valence-electron chi connectivity index (χ0n) is 7.81. The number of epoxide rings is 1. The van der Waals surface area contributed by atoms with Gasteiger partial charge >= 0.3 is 6.18 Å². The minimum Gasteiger partial charge on any atom is -0.365 e. The Hall–Kier alpha value is -1.10. The minimum absolute atomic E-state index is 0.132. The normalized spacial score (nSPS) is 25.4. The van der Waals surface area contributed by atoms with Crippen molar-refractivity contribution >= 4 is 0 Å². The first-order valence-corrected chi connectivity index (χ1v) is 4.41. The molecule has 1 aliphatic rings. The van der Waals surface area contributed by atoms with Crippen LogP contribution < -0.4 is 0 Å². The van der Waals surface area contributed by atoms with Crippen molar-refractivity contribution in [1.82, 2.24) is 0 Å². The summed E-state index contributed by atoms with van der Waals surface area (Å²) in [6.07, 6.45) is -5.05. The highest BCUT2D eigenvalue weighted by Crippen LogP contribution is 2.40. The molecule has 1 nitrogen and oxygen atoms in total. The lowest BCUT2D eigenvalue weighted by molar-refractivity contribution is -0.137. The first-order valence-electron chi connectivity index (χ1n) is 4.41. The average molecular weight is 220 g/mol. The van der Waals surface area contributed by atoms with Gasteiger partial charge < -0.3 is 4.74 Å². The molecule has 1 heterocycles. The van der Waals surface area contributed by atoms with E-state index in [1.165, 1.54) is 0 Å². The molecule has 1 aliphatic heterocycles. The zero-order chi connectivity index (χ0) is 11.2. The summed E-state index contributed by atoms with van der Waals surface area (Å²) in [4.78, 5) is 0. The third-order valence-corrected chi connectivity index (χ3v) is 2.29. The second-order valence-corrected chi connectivity index (χ2v) is 3.53. The third-order valence-electron chi connectivity index (χ3n) is 2.29. The van der Waals surface area contributed by atoms with E-state index in [-0.39, 0.29) is 11.7 Å². The van der Waals surface area contributed by atoms with E-state index in [0.29, 0.717) is 6.07 Å². The predicted molar refractivity (Wildman–Crippen MR) is 44.7 cm³/mol. The van der Waals surface area contributed by atoms with Crippen molar-refractivity contribution in [2.75, 3.05) is 0 Å². The van der Waals surface area contributed by atoms with E-state index in [4.69, 9.17) is 4.74 Å². The second-order valence-electron chi connectivity index (χ2n) is 3.53. The lowest BCUT2D eigenvalue weighted by atomic mass is 10.1. The number of rotatable bonds is 1. The molecule has 5 heteroatoms. The van der Waals surface area contributed by atoms with Crippen molar-refractivity contribution in [2.45, 2.75) is 25.3 Å². The predicted octanol–water partition coefficient (Wildman–Crippen LogP) is 3.30. The van der Waals surface area contributed by atoms with E-state index in [1.807, 2.05) is 0 Å². The maximum Gasteiger partial charge on any atom is 0.416 e. The number of benzene rings is 1. The van der Waals surface area contributed by atoms with Gasteiger partial charge in [0.1, 0.15) is 11.9 Å². The Morgan fingerprint density at radius 3 is 2.27 bits per heavy atom. The Balaban J connectivity index is 2.37. The molecular weight excluding hydrogens is 212 g/mol. The van der Waals surface area contributed by atoms with Gasteiger partial charge in [-0.15, -0.1) is 0 Å². The Kier molecular flexibility index (Phi) is 2.22. The van der Waals surface area contributed by atoms with Crippen LogP contribution in [0.25, 0.3) is 0 Å². The molecule has 0 aromatic heterocycles. The fraction of sp³-hybridized carbons (Fsp3) is 0.400. The topological polar surface area (TPSA) is 12.5 Å². The minimum atomic E-state index is -4.52. The van der Waals surface area contributed by atoms with Gasteiger partial charge in [-0.1, -0.05) is 0 Å². The molecule has 0 aliphatic carbocycles. The maximum absolute atomic E-state index is 12.9. The molecule has 0 spiro atoms. The molecule has 1 fully saturated rings. The monoisotopic (exact) mass is 220 g/mol. The summed E-state index contributed by atoms with van der Waals surface area (Å²) in [6.45, 7) is 1.73. The van der Waals surface area contributed by atoms with Crippen molar-refractivity contribution < 1.29 is 22.3 Å². The Morgan fingerprint density at radius 1 is 1.20 bits per heavy atom. The van der Waals surface area contributed by atoms with E-state index in [1.54, 1.807) is 6.92 Å². The molecule has 15 heavy (non-hydrogen) atoms. The van der Waals surface area contributed by atoms with Crippen LogP contribution in [0, 0.1) is 5.82 Å². The molecule has 0 N–H and O–H groups in total. The van der Waals surface area contributed by atoms with Gasteiger partial charge in [0.25, 0.3) is 0 Å². The second kappa shape index (κ2) is 3.20. The molecule has 0 saturated carbocycles. The molecule has 2 atom stereocenters. The van der Waals surface area contributed by atoms with Crippen LogP contribution in [0.2, 0.25) is 0 Å². The van der Waals surface area contributed by atoms with Crippen molar-refractivity contribution in [3.05, 3.63) is 35.1 Å². The molecule has 1 aromatic carbocycles. The van der Waals surface area contributed by atoms with Gasteiger partial charge in [-0.2, -0.15) is 13.2 Å². The number of alkyl halides is 3. The van der Waals surface area contributed by atoms with Crippen LogP contribution in [0.3, 0.4) is 0 Å². The van der Waals surface area contributed by atoms with E-state index < -0.39 is 23.7 Å². The van der Waals surface area contributed by atoms with Crippen LogP contribution in [-0.2, 0) is 10.9 Å². The molecule has 1 aromatic rings. The summed E-state index contributed by atoms with van der Waals surface area (Å²) >= 11 is 0. The SMILES string of the molecule is CC1OC1c1cc(F)cc(C(F)(F)F)c1. The molecule has 0 bridgehead atoms. The van der Waals surface area contributed by atoms with E-state index >= 15 is 0 Å². The number of hydrogen-bond donors (Lipinski definition) is 0. The van der Waals surface area contributed by atoms with Gasteiger partial charge in [0, 0.05) is 0 Å². The number of ether oxygens (including phenoxy) is 1. The van der Waals surface area contributed by atoms with Gasteiger partial charge in [-0.25, -0.2) is 4.39 Å². The van der Waals surface area contributed by atoms with Crippen LogP contribution in [0.15, 0.2) is 18.2 Å². The fourth-order valence-corrected chi connectivity index (χ4v) is 1.48. The molecule has 82 valence electrons. The van der Waals surface area contributed by atoms with Crippen LogP contribution in [0.1, 0.15) is 24.2 Å². The van der Waals surface area contributed by atoms with Crippen molar-refractivity contribution in [1.29, 1.82) is 0 Å². The maximum atomic E-state index is 12.9. The van der Waals surface area contributed by atoms with Crippen molar-refractivity contribution in [3.63, 3.8) is 0 Å². The summed E-state index contributed by atoms with van der Waals surface area (Å²) in [7, 11) is 0. The van der Waals surface area contributed by atoms with Crippen molar-refractivity contribution in [3.8, 4) is 0 Å². The highest BCUT2D eigenvalue weighted by Gasteiger charge is 2.38. The summed E-state index contributed by atoms with van der Waals surface area (Å²) < 4.78 is 54.9. The Bertz CT molecular complexity index is 385. The first kappa shape index (κ1) is 10.4. The smallest absolute Gasteiger partial charge is 0.365 e. The quantitative estimate of drug-likeness (QED) is 0.522. The van der Waals surface area contributed by atoms with Gasteiger partial charge in [0.05, 0.1) is 11.7 Å². The third kappa shape index (κ3) is 2.12. The zero-order valence-corrected chi connectivity index (χ0v) is 7.81. The van der Waals surface area contributed by atoms with Crippen LogP contribution in [0.5, 0.6) is 0 Å². The standard InChI is InChI=1S/C10H8F4O/c1-5-9(15-5)6-2-7(10(12,13)14)4-8(11)3-6/h2-5,9H,1H3. The molecular formula is C10H8F4O. The highest BCUT2D eigenvalue weighted by atomic mass is 19.4. The van der Waals surface area contributed by atoms with E-state index in [2.05, 4.69) is 0 Å². The van der Waals surface area contributed by atoms with E-state index in [0.717, 1.165) is 12.1 Å². The average Bonchev–Trinajstić information content (AvgIpc) is 2.80. The first-order chi connectivity index (χ1) is 6.88.